The molecule has 0 amide bonds. The van der Waals surface area contributed by atoms with E-state index in [9.17, 15) is 0 Å². The highest BCUT2D eigenvalue weighted by Gasteiger charge is 2.15. The zero-order valence-electron chi connectivity index (χ0n) is 13.1. The van der Waals surface area contributed by atoms with E-state index < -0.39 is 0 Å². The van der Waals surface area contributed by atoms with Gasteiger partial charge in [0.05, 0.1) is 0 Å². The van der Waals surface area contributed by atoms with Gasteiger partial charge in [-0.25, -0.2) is 0 Å². The van der Waals surface area contributed by atoms with Crippen molar-refractivity contribution in [1.82, 2.24) is 0 Å². The van der Waals surface area contributed by atoms with E-state index in [1.807, 2.05) is 0 Å². The molecule has 3 nitrogen and oxygen atoms in total. The van der Waals surface area contributed by atoms with Gasteiger partial charge in [0.1, 0.15) is 0 Å². The molecule has 3 rings (SSSR count). The number of fused-ring (bicyclic) bond motifs is 1. The van der Waals surface area contributed by atoms with Crippen LogP contribution in [0.2, 0.25) is 0 Å². The Balaban J connectivity index is 1.65. The van der Waals surface area contributed by atoms with Crippen molar-refractivity contribution in [3.8, 4) is 0 Å². The molecule has 0 spiro atoms. The van der Waals surface area contributed by atoms with E-state index in [1.54, 1.807) is 0 Å². The Kier molecular flexibility index (Phi) is 3.74. The third kappa shape index (κ3) is 2.97. The Morgan fingerprint density at radius 3 is 2.57 bits per heavy atom. The molecule has 0 aromatic heterocycles. The lowest BCUT2D eigenvalue weighted by Crippen LogP contribution is -2.12. The number of hydrogen-bond acceptors (Lipinski definition) is 3. The number of hydrogen-bond donors (Lipinski definition) is 1. The summed E-state index contributed by atoms with van der Waals surface area (Å²) in [4.78, 5) is 4.44. The fourth-order valence-electron chi connectivity index (χ4n) is 2.79. The van der Waals surface area contributed by atoms with Gasteiger partial charge in [0.2, 0.25) is 0 Å². The fourth-order valence-corrected chi connectivity index (χ4v) is 2.79. The van der Waals surface area contributed by atoms with Crippen LogP contribution in [0.15, 0.2) is 42.5 Å². The second kappa shape index (κ2) is 5.68. The molecule has 110 valence electrons. The van der Waals surface area contributed by atoms with Crippen molar-refractivity contribution in [2.45, 2.75) is 13.0 Å². The zero-order chi connectivity index (χ0) is 14.8. The average Bonchev–Trinajstić information content (AvgIpc) is 2.86. The molecular formula is C18H23N3. The van der Waals surface area contributed by atoms with Crippen LogP contribution in [0.25, 0.3) is 0 Å². The van der Waals surface area contributed by atoms with E-state index in [0.29, 0.717) is 0 Å². The van der Waals surface area contributed by atoms with Gasteiger partial charge in [-0.1, -0.05) is 12.1 Å². The molecule has 0 bridgehead atoms. The summed E-state index contributed by atoms with van der Waals surface area (Å²) in [7, 11) is 6.29. The quantitative estimate of drug-likeness (QED) is 0.927. The Labute approximate surface area is 127 Å². The summed E-state index contributed by atoms with van der Waals surface area (Å²) in [6.45, 7) is 1.99. The predicted octanol–water partition coefficient (Wildman–Crippen LogP) is 3.36. The fraction of sp³-hybridized carbons (Fsp3) is 0.333. The van der Waals surface area contributed by atoms with Gasteiger partial charge in [0.15, 0.2) is 0 Å². The number of nitrogens with zero attached hydrogens (tertiary/aromatic N) is 2. The van der Waals surface area contributed by atoms with Crippen molar-refractivity contribution in [2.24, 2.45) is 0 Å². The molecule has 1 heterocycles. The van der Waals surface area contributed by atoms with E-state index in [1.165, 1.54) is 28.2 Å². The van der Waals surface area contributed by atoms with E-state index in [-0.39, 0.29) is 0 Å². The molecule has 1 aliphatic heterocycles. The lowest BCUT2D eigenvalue weighted by molar-refractivity contribution is 0.956. The molecular weight excluding hydrogens is 258 g/mol. The van der Waals surface area contributed by atoms with Crippen LogP contribution in [-0.2, 0) is 13.0 Å². The van der Waals surface area contributed by atoms with Crippen LogP contribution in [-0.4, -0.2) is 27.7 Å². The van der Waals surface area contributed by atoms with Gasteiger partial charge in [-0.05, 0) is 47.9 Å². The van der Waals surface area contributed by atoms with Crippen LogP contribution < -0.4 is 15.1 Å². The molecule has 1 aliphatic rings. The van der Waals surface area contributed by atoms with Crippen molar-refractivity contribution >= 4 is 17.1 Å². The van der Waals surface area contributed by atoms with Crippen LogP contribution >= 0.6 is 0 Å². The van der Waals surface area contributed by atoms with Crippen LogP contribution in [0.4, 0.5) is 17.1 Å². The van der Waals surface area contributed by atoms with Crippen molar-refractivity contribution in [2.75, 3.05) is 42.8 Å². The summed E-state index contributed by atoms with van der Waals surface area (Å²) in [5.41, 5.74) is 6.57. The molecule has 0 unspecified atom stereocenters. The molecule has 2 aromatic carbocycles. The maximum Gasteiger partial charge on any atom is 0.0400 e. The molecule has 0 fully saturated rings. The molecule has 21 heavy (non-hydrogen) atoms. The van der Waals surface area contributed by atoms with Gasteiger partial charge in [-0.3, -0.25) is 0 Å². The van der Waals surface area contributed by atoms with Gasteiger partial charge in [-0.15, -0.1) is 0 Å². The maximum atomic E-state index is 3.52. The number of benzene rings is 2. The summed E-state index contributed by atoms with van der Waals surface area (Å²) >= 11 is 0. The first-order valence-electron chi connectivity index (χ1n) is 7.48. The van der Waals surface area contributed by atoms with Crippen LogP contribution in [0.1, 0.15) is 11.1 Å². The topological polar surface area (TPSA) is 18.5 Å². The maximum absolute atomic E-state index is 3.52. The summed E-state index contributed by atoms with van der Waals surface area (Å²) in [5.74, 6) is 0. The number of likely N-dealkylation sites (N-methyl/N-ethyl adjacent to an activating group) is 1. The van der Waals surface area contributed by atoms with E-state index >= 15 is 0 Å². The summed E-state index contributed by atoms with van der Waals surface area (Å²) < 4.78 is 0. The van der Waals surface area contributed by atoms with Crippen LogP contribution in [0, 0.1) is 0 Å². The SMILES string of the molecule is CN(C)c1ccc(CNc2ccc3c(c2)CCN3C)cc1. The Hall–Kier alpha value is -2.16. The Bertz CT molecular complexity index is 617. The molecule has 0 saturated carbocycles. The third-order valence-corrected chi connectivity index (χ3v) is 4.16. The first kappa shape index (κ1) is 13.8. The highest BCUT2D eigenvalue weighted by molar-refractivity contribution is 5.63. The van der Waals surface area contributed by atoms with Crippen LogP contribution in [0.3, 0.4) is 0 Å². The van der Waals surface area contributed by atoms with Crippen molar-refractivity contribution in [3.63, 3.8) is 0 Å². The summed E-state index contributed by atoms with van der Waals surface area (Å²) in [5, 5.41) is 3.52. The standard InChI is InChI=1S/C18H23N3/c1-20(2)17-7-4-14(5-8-17)13-19-16-6-9-18-15(12-16)10-11-21(18)3/h4-9,12,19H,10-11,13H2,1-3H3. The Morgan fingerprint density at radius 2 is 1.86 bits per heavy atom. The zero-order valence-corrected chi connectivity index (χ0v) is 13.1. The molecule has 1 N–H and O–H groups in total. The van der Waals surface area contributed by atoms with Gasteiger partial charge in [0, 0.05) is 51.3 Å². The largest absolute Gasteiger partial charge is 0.381 e. The van der Waals surface area contributed by atoms with Crippen molar-refractivity contribution in [1.29, 1.82) is 0 Å². The monoisotopic (exact) mass is 281 g/mol. The van der Waals surface area contributed by atoms with Gasteiger partial charge in [-0.2, -0.15) is 0 Å². The highest BCUT2D eigenvalue weighted by Crippen LogP contribution is 2.29. The predicted molar refractivity (Wildman–Crippen MR) is 91.5 cm³/mol. The highest BCUT2D eigenvalue weighted by atomic mass is 15.1. The van der Waals surface area contributed by atoms with Crippen molar-refractivity contribution in [3.05, 3.63) is 53.6 Å². The van der Waals surface area contributed by atoms with Gasteiger partial charge < -0.3 is 15.1 Å². The summed E-state index contributed by atoms with van der Waals surface area (Å²) in [6, 6.07) is 15.4. The van der Waals surface area contributed by atoms with Crippen molar-refractivity contribution < 1.29 is 0 Å². The lowest BCUT2D eigenvalue weighted by atomic mass is 10.1. The molecule has 2 aromatic rings. The van der Waals surface area contributed by atoms with Crippen LogP contribution in [0.5, 0.6) is 0 Å². The number of anilines is 3. The molecule has 0 atom stereocenters. The summed E-state index contributed by atoms with van der Waals surface area (Å²) in [6.07, 6.45) is 1.15. The lowest BCUT2D eigenvalue weighted by Gasteiger charge is -2.14. The third-order valence-electron chi connectivity index (χ3n) is 4.16. The van der Waals surface area contributed by atoms with E-state index in [4.69, 9.17) is 0 Å². The first-order valence-corrected chi connectivity index (χ1v) is 7.48. The average molecular weight is 281 g/mol. The minimum Gasteiger partial charge on any atom is -0.381 e. The smallest absolute Gasteiger partial charge is 0.0400 e. The van der Waals surface area contributed by atoms with E-state index in [2.05, 4.69) is 78.7 Å². The normalized spacial score (nSPS) is 13.2. The first-order chi connectivity index (χ1) is 10.1. The second-order valence-electron chi connectivity index (χ2n) is 5.93. The van der Waals surface area contributed by atoms with Gasteiger partial charge >= 0.3 is 0 Å². The number of rotatable bonds is 4. The molecule has 0 aliphatic carbocycles. The second-order valence-corrected chi connectivity index (χ2v) is 5.93. The van der Waals surface area contributed by atoms with Gasteiger partial charge in [0.25, 0.3) is 0 Å². The minimum atomic E-state index is 0.863. The Morgan fingerprint density at radius 1 is 1.10 bits per heavy atom. The minimum absolute atomic E-state index is 0.863. The molecule has 0 radical (unpaired) electrons. The number of nitrogens with one attached hydrogen (secondary N) is 1. The molecule has 3 heteroatoms. The molecule has 0 saturated heterocycles. The van der Waals surface area contributed by atoms with E-state index in [0.717, 1.165) is 19.5 Å².